The van der Waals surface area contributed by atoms with Crippen LogP contribution >= 0.6 is 0 Å². The van der Waals surface area contributed by atoms with Gasteiger partial charge in [0.05, 0.1) is 0 Å². The first-order valence-electron chi connectivity index (χ1n) is 6.36. The number of rotatable bonds is 2. The van der Waals surface area contributed by atoms with Crippen LogP contribution in [-0.4, -0.2) is 44.4 Å². The Morgan fingerprint density at radius 1 is 0.643 bits per heavy atom. The third kappa shape index (κ3) is 2.58. The maximum absolute atomic E-state index is 2.81. The summed E-state index contributed by atoms with van der Waals surface area (Å²) in [5.74, 6) is 0. The molecule has 0 bridgehead atoms. The number of piperidine rings is 2. The summed E-state index contributed by atoms with van der Waals surface area (Å²) >= 11 is 0. The molecular formula is C11H24N2Si. The zero-order valence-electron chi connectivity index (χ0n) is 9.54. The van der Waals surface area contributed by atoms with Crippen molar-refractivity contribution in [3.8, 4) is 0 Å². The quantitative estimate of drug-likeness (QED) is 0.644. The first kappa shape index (κ1) is 10.6. The van der Waals surface area contributed by atoms with Gasteiger partial charge in [-0.25, -0.2) is 0 Å². The lowest BCUT2D eigenvalue weighted by Gasteiger charge is -2.40. The third-order valence-electron chi connectivity index (χ3n) is 3.84. The molecular weight excluding hydrogens is 188 g/mol. The Bertz CT molecular complexity index is 145. The summed E-state index contributed by atoms with van der Waals surface area (Å²) in [7, 11) is -0.698. The summed E-state index contributed by atoms with van der Waals surface area (Å²) in [6.45, 7) is 8.11. The largest absolute Gasteiger partial charge is 0.314 e. The Labute approximate surface area is 90.0 Å². The van der Waals surface area contributed by atoms with E-state index in [0.717, 1.165) is 0 Å². The predicted molar refractivity (Wildman–Crippen MR) is 63.9 cm³/mol. The molecule has 0 N–H and O–H groups in total. The van der Waals surface area contributed by atoms with Crippen molar-refractivity contribution in [3.63, 3.8) is 0 Å². The van der Waals surface area contributed by atoms with Crippen molar-refractivity contribution in [1.82, 2.24) is 9.13 Å². The van der Waals surface area contributed by atoms with E-state index < -0.39 is 9.12 Å². The topological polar surface area (TPSA) is 6.48 Å². The van der Waals surface area contributed by atoms with Gasteiger partial charge in [0.25, 0.3) is 0 Å². The Kier molecular flexibility index (Phi) is 4.02. The lowest BCUT2D eigenvalue weighted by atomic mass is 10.2. The minimum atomic E-state index is -0.698. The van der Waals surface area contributed by atoms with E-state index in [1.54, 1.807) is 0 Å². The van der Waals surface area contributed by atoms with E-state index in [9.17, 15) is 0 Å². The minimum Gasteiger partial charge on any atom is -0.314 e. The second-order valence-electron chi connectivity index (χ2n) is 4.83. The SMILES string of the molecule is C[SiH](N1CCCCC1)N1CCCCC1. The molecule has 2 fully saturated rings. The number of hydrogen-bond donors (Lipinski definition) is 0. The van der Waals surface area contributed by atoms with Gasteiger partial charge in [-0.3, -0.25) is 0 Å². The Balaban J connectivity index is 1.82. The summed E-state index contributed by atoms with van der Waals surface area (Å²) in [6.07, 6.45) is 8.74. The number of hydrogen-bond acceptors (Lipinski definition) is 2. The Morgan fingerprint density at radius 2 is 1.00 bits per heavy atom. The van der Waals surface area contributed by atoms with Crippen LogP contribution in [0.25, 0.3) is 0 Å². The molecule has 14 heavy (non-hydrogen) atoms. The fraction of sp³-hybridized carbons (Fsp3) is 1.00. The molecule has 0 aromatic heterocycles. The summed E-state index contributed by atoms with van der Waals surface area (Å²) in [6, 6.07) is 0. The van der Waals surface area contributed by atoms with Gasteiger partial charge < -0.3 is 9.13 Å². The van der Waals surface area contributed by atoms with E-state index in [2.05, 4.69) is 15.7 Å². The molecule has 2 aliphatic heterocycles. The molecule has 3 heteroatoms. The predicted octanol–water partition coefficient (Wildman–Crippen LogP) is 1.81. The van der Waals surface area contributed by atoms with Crippen LogP contribution in [0, 0.1) is 0 Å². The van der Waals surface area contributed by atoms with Gasteiger partial charge in [-0.1, -0.05) is 12.8 Å². The highest BCUT2D eigenvalue weighted by atomic mass is 28.3. The molecule has 2 heterocycles. The van der Waals surface area contributed by atoms with Crippen molar-refractivity contribution in [2.75, 3.05) is 26.2 Å². The average molecular weight is 212 g/mol. The Hall–Kier alpha value is 0.137. The molecule has 0 amide bonds. The zero-order chi connectivity index (χ0) is 9.80. The van der Waals surface area contributed by atoms with Gasteiger partial charge in [-0.15, -0.1) is 0 Å². The fourth-order valence-corrected chi connectivity index (χ4v) is 5.50. The molecule has 0 aliphatic carbocycles. The first-order chi connectivity index (χ1) is 6.88. The lowest BCUT2D eigenvalue weighted by molar-refractivity contribution is 0.281. The van der Waals surface area contributed by atoms with Gasteiger partial charge in [0.15, 0.2) is 9.12 Å². The monoisotopic (exact) mass is 212 g/mol. The van der Waals surface area contributed by atoms with Crippen LogP contribution in [0.1, 0.15) is 38.5 Å². The van der Waals surface area contributed by atoms with Crippen molar-refractivity contribution >= 4 is 9.12 Å². The summed E-state index contributed by atoms with van der Waals surface area (Å²) in [5.41, 5.74) is 0. The van der Waals surface area contributed by atoms with Crippen LogP contribution in [-0.2, 0) is 0 Å². The van der Waals surface area contributed by atoms with Crippen LogP contribution in [0.15, 0.2) is 0 Å². The molecule has 2 saturated heterocycles. The fourth-order valence-electron chi connectivity index (χ4n) is 2.82. The highest BCUT2D eigenvalue weighted by molar-refractivity contribution is 6.51. The van der Waals surface area contributed by atoms with Crippen LogP contribution in [0.3, 0.4) is 0 Å². The Morgan fingerprint density at radius 3 is 1.36 bits per heavy atom. The molecule has 2 nitrogen and oxygen atoms in total. The number of nitrogens with zero attached hydrogens (tertiary/aromatic N) is 2. The molecule has 2 aliphatic rings. The molecule has 0 atom stereocenters. The van der Waals surface area contributed by atoms with E-state index in [0.29, 0.717) is 0 Å². The molecule has 0 saturated carbocycles. The standard InChI is InChI=1S/C11H24N2Si/c1-14(12-8-4-2-5-9-12)13-10-6-3-7-11-13/h14H,2-11H2,1H3. The van der Waals surface area contributed by atoms with Crippen LogP contribution in [0.5, 0.6) is 0 Å². The van der Waals surface area contributed by atoms with Gasteiger partial charge in [-0.2, -0.15) is 0 Å². The van der Waals surface area contributed by atoms with Crippen molar-refractivity contribution < 1.29 is 0 Å². The average Bonchev–Trinajstić information content (AvgIpc) is 2.30. The first-order valence-corrected chi connectivity index (χ1v) is 8.55. The molecule has 82 valence electrons. The highest BCUT2D eigenvalue weighted by Crippen LogP contribution is 2.16. The van der Waals surface area contributed by atoms with E-state index in [4.69, 9.17) is 0 Å². The lowest BCUT2D eigenvalue weighted by Crippen LogP contribution is -2.53. The third-order valence-corrected chi connectivity index (χ3v) is 6.98. The highest BCUT2D eigenvalue weighted by Gasteiger charge is 2.24. The van der Waals surface area contributed by atoms with Crippen LogP contribution in [0.2, 0.25) is 6.55 Å². The van der Waals surface area contributed by atoms with E-state index in [-0.39, 0.29) is 0 Å². The summed E-state index contributed by atoms with van der Waals surface area (Å²) in [4.78, 5) is 0. The molecule has 0 aromatic rings. The molecule has 0 radical (unpaired) electrons. The van der Waals surface area contributed by atoms with Gasteiger partial charge in [0, 0.05) is 0 Å². The second kappa shape index (κ2) is 5.28. The van der Waals surface area contributed by atoms with E-state index in [1.807, 2.05) is 0 Å². The summed E-state index contributed by atoms with van der Waals surface area (Å²) < 4.78 is 5.63. The normalized spacial score (nSPS) is 27.0. The van der Waals surface area contributed by atoms with Crippen LogP contribution < -0.4 is 0 Å². The van der Waals surface area contributed by atoms with Crippen molar-refractivity contribution in [2.24, 2.45) is 0 Å². The maximum Gasteiger partial charge on any atom is 0.186 e. The van der Waals surface area contributed by atoms with Gasteiger partial charge in [0.2, 0.25) is 0 Å². The molecule has 0 unspecified atom stereocenters. The van der Waals surface area contributed by atoms with Crippen molar-refractivity contribution in [1.29, 1.82) is 0 Å². The molecule has 0 spiro atoms. The van der Waals surface area contributed by atoms with Gasteiger partial charge in [-0.05, 0) is 58.4 Å². The van der Waals surface area contributed by atoms with Gasteiger partial charge >= 0.3 is 0 Å². The van der Waals surface area contributed by atoms with Crippen LogP contribution in [0.4, 0.5) is 0 Å². The zero-order valence-corrected chi connectivity index (χ0v) is 10.7. The molecule has 2 rings (SSSR count). The second-order valence-corrected chi connectivity index (χ2v) is 7.55. The van der Waals surface area contributed by atoms with Gasteiger partial charge in [0.1, 0.15) is 0 Å². The smallest absolute Gasteiger partial charge is 0.186 e. The van der Waals surface area contributed by atoms with E-state index >= 15 is 0 Å². The van der Waals surface area contributed by atoms with Crippen molar-refractivity contribution in [2.45, 2.75) is 45.1 Å². The summed E-state index contributed by atoms with van der Waals surface area (Å²) in [5, 5.41) is 0. The minimum absolute atomic E-state index is 0.698. The molecule has 0 aromatic carbocycles. The maximum atomic E-state index is 2.81. The van der Waals surface area contributed by atoms with E-state index in [1.165, 1.54) is 64.7 Å². The van der Waals surface area contributed by atoms with Crippen molar-refractivity contribution in [3.05, 3.63) is 0 Å².